The molecular weight excluding hydrogens is 233 g/mol. The fourth-order valence-corrected chi connectivity index (χ4v) is 1.80. The summed E-state index contributed by atoms with van der Waals surface area (Å²) in [5, 5.41) is 0. The molecule has 6 heteroatoms. The van der Waals surface area contributed by atoms with Crippen LogP contribution in [0.2, 0.25) is 0 Å². The molecular formula is C10H10FNO3S. The van der Waals surface area contributed by atoms with Crippen molar-refractivity contribution in [2.45, 2.75) is 11.3 Å². The summed E-state index contributed by atoms with van der Waals surface area (Å²) >= 11 is 0. The zero-order valence-electron chi connectivity index (χ0n) is 8.26. The molecule has 0 radical (unpaired) electrons. The summed E-state index contributed by atoms with van der Waals surface area (Å²) < 4.78 is 34.3. The third kappa shape index (κ3) is 3.47. The van der Waals surface area contributed by atoms with Crippen LogP contribution in [0.5, 0.6) is 0 Å². The van der Waals surface area contributed by atoms with E-state index in [0.29, 0.717) is 0 Å². The quantitative estimate of drug-likeness (QED) is 0.808. The van der Waals surface area contributed by atoms with Crippen LogP contribution in [0, 0.1) is 0 Å². The van der Waals surface area contributed by atoms with Crippen molar-refractivity contribution in [1.82, 2.24) is 0 Å². The minimum absolute atomic E-state index is 0.0271. The Kier molecular flexibility index (Phi) is 3.78. The van der Waals surface area contributed by atoms with Gasteiger partial charge in [0.1, 0.15) is 4.90 Å². The molecule has 0 heterocycles. The van der Waals surface area contributed by atoms with Gasteiger partial charge in [0.25, 0.3) is 0 Å². The number of halogens is 1. The van der Waals surface area contributed by atoms with Gasteiger partial charge in [-0.3, -0.25) is 4.79 Å². The van der Waals surface area contributed by atoms with Crippen molar-refractivity contribution >= 4 is 22.2 Å². The first kappa shape index (κ1) is 12.4. The van der Waals surface area contributed by atoms with Gasteiger partial charge in [-0.05, 0) is 11.6 Å². The van der Waals surface area contributed by atoms with Gasteiger partial charge in [-0.2, -0.15) is 8.42 Å². The number of carbonyl (C=O) groups is 1. The summed E-state index contributed by atoms with van der Waals surface area (Å²) in [7, 11) is -4.75. The van der Waals surface area contributed by atoms with Gasteiger partial charge in [0.2, 0.25) is 5.91 Å². The molecule has 16 heavy (non-hydrogen) atoms. The minimum atomic E-state index is -4.75. The lowest BCUT2D eigenvalue weighted by Crippen LogP contribution is -2.07. The molecule has 0 spiro atoms. The van der Waals surface area contributed by atoms with E-state index in [0.717, 1.165) is 6.07 Å². The average molecular weight is 243 g/mol. The predicted octanol–water partition coefficient (Wildman–Crippen LogP) is 1.23. The summed E-state index contributed by atoms with van der Waals surface area (Å²) in [6.07, 6.45) is 2.70. The molecule has 0 aliphatic carbocycles. The Bertz CT molecular complexity index is 523. The van der Waals surface area contributed by atoms with E-state index in [1.807, 2.05) is 0 Å². The fraction of sp³-hybridized carbons (Fsp3) is 0.100. The average Bonchev–Trinajstić information content (AvgIpc) is 2.16. The van der Waals surface area contributed by atoms with Crippen LogP contribution in [-0.4, -0.2) is 14.3 Å². The lowest BCUT2D eigenvalue weighted by Gasteiger charge is -1.99. The van der Waals surface area contributed by atoms with Gasteiger partial charge in [0.15, 0.2) is 0 Å². The molecule has 1 aromatic rings. The van der Waals surface area contributed by atoms with Crippen molar-refractivity contribution in [3.05, 3.63) is 35.9 Å². The molecule has 1 amide bonds. The van der Waals surface area contributed by atoms with Gasteiger partial charge in [-0.25, -0.2) is 0 Å². The van der Waals surface area contributed by atoms with E-state index < -0.39 is 21.0 Å². The van der Waals surface area contributed by atoms with Crippen LogP contribution in [0.4, 0.5) is 3.89 Å². The Morgan fingerprint density at radius 2 is 2.00 bits per heavy atom. The van der Waals surface area contributed by atoms with Gasteiger partial charge in [0.05, 0.1) is 0 Å². The Balaban J connectivity index is 3.06. The zero-order chi connectivity index (χ0) is 12.2. The molecule has 0 aliphatic rings. The van der Waals surface area contributed by atoms with Crippen LogP contribution in [-0.2, 0) is 15.0 Å². The number of hydrogen-bond donors (Lipinski definition) is 1. The van der Waals surface area contributed by atoms with E-state index in [1.54, 1.807) is 6.07 Å². The van der Waals surface area contributed by atoms with Crippen molar-refractivity contribution in [1.29, 1.82) is 0 Å². The number of carbonyl (C=O) groups excluding carboxylic acids is 1. The number of rotatable bonds is 4. The van der Waals surface area contributed by atoms with Crippen LogP contribution in [0.25, 0.3) is 6.08 Å². The van der Waals surface area contributed by atoms with Gasteiger partial charge < -0.3 is 5.73 Å². The van der Waals surface area contributed by atoms with Gasteiger partial charge in [0, 0.05) is 6.42 Å². The highest BCUT2D eigenvalue weighted by atomic mass is 32.3. The van der Waals surface area contributed by atoms with Crippen molar-refractivity contribution in [3.8, 4) is 0 Å². The monoisotopic (exact) mass is 243 g/mol. The highest BCUT2D eigenvalue weighted by Crippen LogP contribution is 2.19. The van der Waals surface area contributed by atoms with Crippen LogP contribution in [0.15, 0.2) is 35.2 Å². The van der Waals surface area contributed by atoms with E-state index in [4.69, 9.17) is 5.73 Å². The maximum Gasteiger partial charge on any atom is 0.332 e. The Morgan fingerprint density at radius 1 is 1.38 bits per heavy atom. The van der Waals surface area contributed by atoms with Crippen LogP contribution in [0.1, 0.15) is 12.0 Å². The maximum absolute atomic E-state index is 12.8. The van der Waals surface area contributed by atoms with Crippen LogP contribution < -0.4 is 5.73 Å². The van der Waals surface area contributed by atoms with Gasteiger partial charge in [-0.1, -0.05) is 30.4 Å². The highest BCUT2D eigenvalue weighted by Gasteiger charge is 2.14. The molecule has 0 aliphatic heterocycles. The molecule has 1 rings (SSSR count). The summed E-state index contributed by atoms with van der Waals surface area (Å²) in [6, 6.07) is 5.57. The second kappa shape index (κ2) is 4.89. The highest BCUT2D eigenvalue weighted by molar-refractivity contribution is 7.86. The number of amides is 1. The molecule has 0 saturated heterocycles. The van der Waals surface area contributed by atoms with E-state index >= 15 is 0 Å². The first-order valence-electron chi connectivity index (χ1n) is 4.40. The lowest BCUT2D eigenvalue weighted by atomic mass is 10.2. The number of nitrogens with two attached hydrogens (primary N) is 1. The molecule has 0 saturated carbocycles. The summed E-state index contributed by atoms with van der Waals surface area (Å²) in [5.74, 6) is -0.545. The van der Waals surface area contributed by atoms with Crippen molar-refractivity contribution in [3.63, 3.8) is 0 Å². The van der Waals surface area contributed by atoms with Gasteiger partial charge >= 0.3 is 10.2 Å². The third-order valence-electron chi connectivity index (χ3n) is 1.80. The first-order chi connectivity index (χ1) is 7.41. The molecule has 0 aromatic heterocycles. The molecule has 0 unspecified atom stereocenters. The number of benzene rings is 1. The molecule has 2 N–H and O–H groups in total. The van der Waals surface area contributed by atoms with E-state index in [-0.39, 0.29) is 12.0 Å². The zero-order valence-corrected chi connectivity index (χ0v) is 9.08. The number of hydrogen-bond acceptors (Lipinski definition) is 3. The second-order valence-corrected chi connectivity index (χ2v) is 4.36. The standard InChI is InChI=1S/C10H10FNO3S/c11-16(14,15)9-6-2-1-4-8(9)5-3-7-10(12)13/h1-6H,7H2,(H2,12,13). The van der Waals surface area contributed by atoms with Crippen molar-refractivity contribution in [2.75, 3.05) is 0 Å². The lowest BCUT2D eigenvalue weighted by molar-refractivity contribution is -0.117. The molecule has 0 fully saturated rings. The smallest absolute Gasteiger partial charge is 0.332 e. The SMILES string of the molecule is NC(=O)CC=Cc1ccccc1S(=O)(=O)F. The van der Waals surface area contributed by atoms with Crippen molar-refractivity contribution < 1.29 is 17.1 Å². The molecule has 0 bridgehead atoms. The molecule has 4 nitrogen and oxygen atoms in total. The predicted molar refractivity (Wildman–Crippen MR) is 57.6 cm³/mol. The van der Waals surface area contributed by atoms with Crippen molar-refractivity contribution in [2.24, 2.45) is 5.73 Å². The largest absolute Gasteiger partial charge is 0.369 e. The molecule has 86 valence electrons. The van der Waals surface area contributed by atoms with E-state index in [9.17, 15) is 17.1 Å². The number of primary amides is 1. The molecule has 0 atom stereocenters. The minimum Gasteiger partial charge on any atom is -0.369 e. The maximum atomic E-state index is 12.8. The van der Waals surface area contributed by atoms with E-state index in [1.165, 1.54) is 24.3 Å². The van der Waals surface area contributed by atoms with E-state index in [2.05, 4.69) is 0 Å². The summed E-state index contributed by atoms with van der Waals surface area (Å²) in [4.78, 5) is 10.0. The normalized spacial score (nSPS) is 11.8. The first-order valence-corrected chi connectivity index (χ1v) is 5.78. The third-order valence-corrected chi connectivity index (χ3v) is 2.70. The second-order valence-electron chi connectivity index (χ2n) is 3.05. The Hall–Kier alpha value is -1.69. The van der Waals surface area contributed by atoms with Crippen LogP contribution in [0.3, 0.4) is 0 Å². The Morgan fingerprint density at radius 3 is 2.56 bits per heavy atom. The topological polar surface area (TPSA) is 77.2 Å². The van der Waals surface area contributed by atoms with Gasteiger partial charge in [-0.15, -0.1) is 3.89 Å². The summed E-state index contributed by atoms with van der Waals surface area (Å²) in [5.41, 5.74) is 5.08. The fourth-order valence-electron chi connectivity index (χ4n) is 1.14. The van der Waals surface area contributed by atoms with Crippen LogP contribution >= 0.6 is 0 Å². The Labute approximate surface area is 92.8 Å². The summed E-state index contributed by atoms with van der Waals surface area (Å²) in [6.45, 7) is 0. The molecule has 1 aromatic carbocycles.